The Labute approximate surface area is 108 Å². The molecule has 1 aromatic rings. The molecule has 3 rings (SSSR count). The molecule has 0 radical (unpaired) electrons. The van der Waals surface area contributed by atoms with Crippen LogP contribution in [0.2, 0.25) is 0 Å². The van der Waals surface area contributed by atoms with Gasteiger partial charge in [-0.25, -0.2) is 0 Å². The number of aryl methyl sites for hydroxylation is 1. The summed E-state index contributed by atoms with van der Waals surface area (Å²) in [6, 6.07) is 0.589. The lowest BCUT2D eigenvalue weighted by Gasteiger charge is -2.39. The largest absolute Gasteiger partial charge is 0.365 e. The fourth-order valence-electron chi connectivity index (χ4n) is 2.97. The molecule has 2 aliphatic rings. The van der Waals surface area contributed by atoms with Crippen LogP contribution in [-0.2, 0) is 11.3 Å². The minimum atomic E-state index is -0.0135. The van der Waals surface area contributed by atoms with Crippen molar-refractivity contribution in [3.63, 3.8) is 0 Å². The van der Waals surface area contributed by atoms with Gasteiger partial charge >= 0.3 is 0 Å². The summed E-state index contributed by atoms with van der Waals surface area (Å²) in [4.78, 5) is 0. The fraction of sp³-hybridized carbons (Fsp3) is 0.846. The first-order valence-electron chi connectivity index (χ1n) is 6.93. The maximum Gasteiger partial charge on any atom is 0.159 e. The van der Waals surface area contributed by atoms with Gasteiger partial charge in [-0.2, -0.15) is 0 Å². The van der Waals surface area contributed by atoms with E-state index in [4.69, 9.17) is 4.74 Å². The number of nitrogens with one attached hydrogen (secondary N) is 1. The Morgan fingerprint density at radius 2 is 2.06 bits per heavy atom. The van der Waals surface area contributed by atoms with Gasteiger partial charge in [0.25, 0.3) is 0 Å². The first-order chi connectivity index (χ1) is 8.68. The van der Waals surface area contributed by atoms with Crippen LogP contribution in [0.25, 0.3) is 0 Å². The molecular weight excluding hydrogens is 228 g/mol. The van der Waals surface area contributed by atoms with E-state index in [0.717, 1.165) is 24.7 Å². The zero-order valence-corrected chi connectivity index (χ0v) is 11.3. The lowest BCUT2D eigenvalue weighted by atomic mass is 10.0. The Morgan fingerprint density at radius 1 is 1.33 bits per heavy atom. The van der Waals surface area contributed by atoms with E-state index in [-0.39, 0.29) is 5.60 Å². The van der Waals surface area contributed by atoms with E-state index in [1.807, 2.05) is 6.92 Å². The summed E-state index contributed by atoms with van der Waals surface area (Å²) in [7, 11) is 0. The van der Waals surface area contributed by atoms with Crippen LogP contribution in [0.5, 0.6) is 0 Å². The number of ether oxygens (including phenoxy) is 1. The van der Waals surface area contributed by atoms with Crippen molar-refractivity contribution in [2.24, 2.45) is 0 Å². The molecule has 1 N–H and O–H groups in total. The maximum atomic E-state index is 5.98. The SMILES string of the molecule is Cc1nnc(COC2(C)CNC2)n1C1CCCC1. The van der Waals surface area contributed by atoms with Crippen LogP contribution in [-0.4, -0.2) is 33.5 Å². The first-order valence-corrected chi connectivity index (χ1v) is 6.93. The summed E-state index contributed by atoms with van der Waals surface area (Å²) in [5, 5.41) is 11.8. The van der Waals surface area contributed by atoms with Gasteiger partial charge in [0.1, 0.15) is 12.4 Å². The van der Waals surface area contributed by atoms with Crippen LogP contribution in [0.1, 0.15) is 50.3 Å². The van der Waals surface area contributed by atoms with E-state index in [1.165, 1.54) is 25.7 Å². The number of rotatable bonds is 4. The number of aromatic nitrogens is 3. The molecule has 0 aromatic carbocycles. The zero-order valence-electron chi connectivity index (χ0n) is 11.3. The topological polar surface area (TPSA) is 52.0 Å². The molecule has 2 heterocycles. The van der Waals surface area contributed by atoms with E-state index >= 15 is 0 Å². The van der Waals surface area contributed by atoms with Crippen molar-refractivity contribution in [2.75, 3.05) is 13.1 Å². The lowest BCUT2D eigenvalue weighted by Crippen LogP contribution is -2.58. The first kappa shape index (κ1) is 12.1. The van der Waals surface area contributed by atoms with Crippen molar-refractivity contribution in [2.45, 2.75) is 57.8 Å². The number of hydrogen-bond acceptors (Lipinski definition) is 4. The third-order valence-corrected chi connectivity index (χ3v) is 4.17. The van der Waals surface area contributed by atoms with Crippen molar-refractivity contribution in [1.29, 1.82) is 0 Å². The Balaban J connectivity index is 1.71. The highest BCUT2D eigenvalue weighted by molar-refractivity contribution is 4.99. The normalized spacial score (nSPS) is 23.2. The summed E-state index contributed by atoms with van der Waals surface area (Å²) >= 11 is 0. The molecule has 1 saturated heterocycles. The monoisotopic (exact) mass is 250 g/mol. The van der Waals surface area contributed by atoms with Gasteiger partial charge in [-0.3, -0.25) is 0 Å². The quantitative estimate of drug-likeness (QED) is 0.881. The molecule has 5 heteroatoms. The molecule has 0 amide bonds. The molecular formula is C13H22N4O. The summed E-state index contributed by atoms with van der Waals surface area (Å²) in [5.74, 6) is 2.02. The molecule has 5 nitrogen and oxygen atoms in total. The van der Waals surface area contributed by atoms with E-state index in [1.54, 1.807) is 0 Å². The van der Waals surface area contributed by atoms with Crippen LogP contribution >= 0.6 is 0 Å². The van der Waals surface area contributed by atoms with Gasteiger partial charge in [-0.1, -0.05) is 12.8 Å². The van der Waals surface area contributed by atoms with Crippen LogP contribution in [0.3, 0.4) is 0 Å². The van der Waals surface area contributed by atoms with Crippen molar-refractivity contribution >= 4 is 0 Å². The van der Waals surface area contributed by atoms with Gasteiger partial charge in [0.2, 0.25) is 0 Å². The van der Waals surface area contributed by atoms with Gasteiger partial charge in [0.15, 0.2) is 5.82 Å². The van der Waals surface area contributed by atoms with Crippen molar-refractivity contribution in [1.82, 2.24) is 20.1 Å². The molecule has 1 saturated carbocycles. The minimum Gasteiger partial charge on any atom is -0.365 e. The van der Waals surface area contributed by atoms with Crippen LogP contribution in [0, 0.1) is 6.92 Å². The fourth-order valence-corrected chi connectivity index (χ4v) is 2.97. The summed E-state index contributed by atoms with van der Waals surface area (Å²) in [5.41, 5.74) is -0.0135. The average Bonchev–Trinajstić information content (AvgIpc) is 2.93. The second kappa shape index (κ2) is 4.63. The Bertz CT molecular complexity index is 419. The highest BCUT2D eigenvalue weighted by Crippen LogP contribution is 2.31. The highest BCUT2D eigenvalue weighted by atomic mass is 16.5. The summed E-state index contributed by atoms with van der Waals surface area (Å²) < 4.78 is 8.27. The molecule has 0 atom stereocenters. The minimum absolute atomic E-state index is 0.0135. The third kappa shape index (κ3) is 2.17. The molecule has 100 valence electrons. The van der Waals surface area contributed by atoms with Gasteiger partial charge in [0.05, 0.1) is 5.60 Å². The van der Waals surface area contributed by atoms with Gasteiger partial charge < -0.3 is 14.6 Å². The second-order valence-electron chi connectivity index (χ2n) is 5.81. The lowest BCUT2D eigenvalue weighted by molar-refractivity contribution is -0.0801. The maximum absolute atomic E-state index is 5.98. The van der Waals surface area contributed by atoms with Crippen LogP contribution in [0.4, 0.5) is 0 Å². The van der Waals surface area contributed by atoms with Crippen molar-refractivity contribution in [3.05, 3.63) is 11.6 Å². The molecule has 1 aliphatic carbocycles. The Kier molecular flexibility index (Phi) is 3.11. The summed E-state index contributed by atoms with van der Waals surface area (Å²) in [6.45, 7) is 6.64. The van der Waals surface area contributed by atoms with Crippen molar-refractivity contribution < 1.29 is 4.74 Å². The zero-order chi connectivity index (χ0) is 12.6. The third-order valence-electron chi connectivity index (χ3n) is 4.17. The van der Waals surface area contributed by atoms with Crippen LogP contribution in [0.15, 0.2) is 0 Å². The molecule has 0 bridgehead atoms. The Morgan fingerprint density at radius 3 is 2.67 bits per heavy atom. The van der Waals surface area contributed by atoms with Crippen LogP contribution < -0.4 is 5.32 Å². The molecule has 18 heavy (non-hydrogen) atoms. The molecule has 1 aromatic heterocycles. The van der Waals surface area contributed by atoms with Gasteiger partial charge in [0, 0.05) is 19.1 Å². The highest BCUT2D eigenvalue weighted by Gasteiger charge is 2.33. The van der Waals surface area contributed by atoms with Crippen molar-refractivity contribution in [3.8, 4) is 0 Å². The smallest absolute Gasteiger partial charge is 0.159 e. The number of nitrogens with zero attached hydrogens (tertiary/aromatic N) is 3. The van der Waals surface area contributed by atoms with E-state index in [0.29, 0.717) is 12.6 Å². The molecule has 0 unspecified atom stereocenters. The van der Waals surface area contributed by atoms with Gasteiger partial charge in [-0.05, 0) is 26.7 Å². The Hall–Kier alpha value is -0.940. The predicted octanol–water partition coefficient (Wildman–Crippen LogP) is 1.58. The molecule has 2 fully saturated rings. The van der Waals surface area contributed by atoms with E-state index in [9.17, 15) is 0 Å². The van der Waals surface area contributed by atoms with Gasteiger partial charge in [-0.15, -0.1) is 10.2 Å². The van der Waals surface area contributed by atoms with E-state index < -0.39 is 0 Å². The average molecular weight is 250 g/mol. The predicted molar refractivity (Wildman–Crippen MR) is 68.3 cm³/mol. The molecule has 0 spiro atoms. The number of hydrogen-bond donors (Lipinski definition) is 1. The summed E-state index contributed by atoms with van der Waals surface area (Å²) in [6.07, 6.45) is 5.16. The van der Waals surface area contributed by atoms with E-state index in [2.05, 4.69) is 27.0 Å². The second-order valence-corrected chi connectivity index (χ2v) is 5.81. The molecule has 1 aliphatic heterocycles. The standard InChI is InChI=1S/C13H22N4O/c1-10-15-16-12(7-18-13(2)8-14-9-13)17(10)11-5-3-4-6-11/h11,14H,3-9H2,1-2H3.